The van der Waals surface area contributed by atoms with E-state index >= 15 is 0 Å². The summed E-state index contributed by atoms with van der Waals surface area (Å²) in [6, 6.07) is 4.08. The fourth-order valence-electron chi connectivity index (χ4n) is 1.72. The summed E-state index contributed by atoms with van der Waals surface area (Å²) in [6.07, 6.45) is 0.393. The quantitative estimate of drug-likeness (QED) is 0.457. The molecule has 0 saturated carbocycles. The van der Waals surface area contributed by atoms with E-state index in [9.17, 15) is 14.9 Å². The maximum atomic E-state index is 10.9. The van der Waals surface area contributed by atoms with Gasteiger partial charge in [0, 0.05) is 12.1 Å². The van der Waals surface area contributed by atoms with Gasteiger partial charge >= 0.3 is 0 Å². The minimum atomic E-state index is -0.658. The molecule has 0 unspecified atom stereocenters. The van der Waals surface area contributed by atoms with Crippen LogP contribution >= 0.6 is 0 Å². The van der Waals surface area contributed by atoms with Crippen molar-refractivity contribution in [1.29, 1.82) is 0 Å². The van der Waals surface area contributed by atoms with Crippen LogP contribution in [0.25, 0.3) is 0 Å². The Labute approximate surface area is 119 Å². The molecule has 1 aromatic heterocycles. The number of aryl methyl sites for hydroxylation is 1. The Hall–Kier alpha value is -2.90. The van der Waals surface area contributed by atoms with Gasteiger partial charge in [-0.1, -0.05) is 5.16 Å². The largest absolute Gasteiger partial charge is 0.493 e. The summed E-state index contributed by atoms with van der Waals surface area (Å²) in [5, 5.41) is 14.6. The number of nitro groups is 1. The van der Waals surface area contributed by atoms with Crippen LogP contribution in [-0.2, 0) is 6.61 Å². The highest BCUT2D eigenvalue weighted by Crippen LogP contribution is 2.34. The first-order valence-electron chi connectivity index (χ1n) is 5.91. The van der Waals surface area contributed by atoms with Crippen molar-refractivity contribution in [2.24, 2.45) is 0 Å². The SMILES string of the molecule is COc1cc(C=O)c([N+](=O)[O-])cc1OCc1cc(C)no1. The Bertz CT molecular complexity index is 679. The molecule has 0 aliphatic rings. The number of benzene rings is 1. The smallest absolute Gasteiger partial charge is 0.283 e. The Morgan fingerprint density at radius 3 is 2.67 bits per heavy atom. The number of carbonyl (C=O) groups excluding carboxylic acids is 1. The molecule has 8 heteroatoms. The lowest BCUT2D eigenvalue weighted by atomic mass is 10.1. The zero-order valence-corrected chi connectivity index (χ0v) is 11.4. The number of methoxy groups -OCH3 is 1. The standard InChI is InChI=1S/C13H12N2O6/c1-8-3-10(21-14-8)7-20-13-5-11(15(17)18)9(6-16)4-12(13)19-2/h3-6H,7H2,1-2H3. The van der Waals surface area contributed by atoms with Crippen LogP contribution in [0.4, 0.5) is 5.69 Å². The molecular formula is C13H12N2O6. The van der Waals surface area contributed by atoms with Crippen molar-refractivity contribution in [3.63, 3.8) is 0 Å². The highest BCUT2D eigenvalue weighted by Gasteiger charge is 2.19. The van der Waals surface area contributed by atoms with Gasteiger partial charge in [0.25, 0.3) is 5.69 Å². The third kappa shape index (κ3) is 3.16. The molecule has 8 nitrogen and oxygen atoms in total. The number of hydrogen-bond acceptors (Lipinski definition) is 7. The summed E-state index contributed by atoms with van der Waals surface area (Å²) < 4.78 is 15.5. The van der Waals surface area contributed by atoms with Crippen LogP contribution < -0.4 is 9.47 Å². The number of rotatable bonds is 6. The lowest BCUT2D eigenvalue weighted by Crippen LogP contribution is -2.01. The summed E-state index contributed by atoms with van der Waals surface area (Å²) >= 11 is 0. The predicted molar refractivity (Wildman–Crippen MR) is 70.6 cm³/mol. The highest BCUT2D eigenvalue weighted by molar-refractivity contribution is 5.83. The first-order chi connectivity index (χ1) is 10.0. The second-order valence-electron chi connectivity index (χ2n) is 4.16. The highest BCUT2D eigenvalue weighted by atomic mass is 16.6. The van der Waals surface area contributed by atoms with E-state index in [0.717, 1.165) is 6.07 Å². The summed E-state index contributed by atoms with van der Waals surface area (Å²) in [5.41, 5.74) is 0.261. The summed E-state index contributed by atoms with van der Waals surface area (Å²) in [7, 11) is 1.38. The summed E-state index contributed by atoms with van der Waals surface area (Å²) in [4.78, 5) is 21.1. The zero-order valence-electron chi connectivity index (χ0n) is 11.4. The van der Waals surface area contributed by atoms with Gasteiger partial charge in [-0.15, -0.1) is 0 Å². The van der Waals surface area contributed by atoms with Crippen molar-refractivity contribution in [3.8, 4) is 11.5 Å². The Morgan fingerprint density at radius 1 is 1.38 bits per heavy atom. The van der Waals surface area contributed by atoms with Gasteiger partial charge in [-0.3, -0.25) is 14.9 Å². The normalized spacial score (nSPS) is 10.2. The van der Waals surface area contributed by atoms with Gasteiger partial charge in [-0.25, -0.2) is 0 Å². The number of carbonyl (C=O) groups is 1. The number of nitrogens with zero attached hydrogens (tertiary/aromatic N) is 2. The molecule has 0 fully saturated rings. The van der Waals surface area contributed by atoms with Gasteiger partial charge in [-0.2, -0.15) is 0 Å². The molecule has 0 radical (unpaired) electrons. The number of aromatic nitrogens is 1. The van der Waals surface area contributed by atoms with Gasteiger partial charge in [-0.05, 0) is 6.92 Å². The van der Waals surface area contributed by atoms with Crippen LogP contribution in [-0.4, -0.2) is 23.5 Å². The Kier molecular flexibility index (Phi) is 4.17. The monoisotopic (exact) mass is 292 g/mol. The van der Waals surface area contributed by atoms with Crippen LogP contribution in [0.3, 0.4) is 0 Å². The predicted octanol–water partition coefficient (Wildman–Crippen LogP) is 2.29. The molecule has 2 aromatic rings. The average Bonchev–Trinajstić information content (AvgIpc) is 2.89. The van der Waals surface area contributed by atoms with E-state index < -0.39 is 4.92 Å². The molecule has 1 aromatic carbocycles. The van der Waals surface area contributed by atoms with Gasteiger partial charge in [0.2, 0.25) is 0 Å². The van der Waals surface area contributed by atoms with Crippen molar-refractivity contribution < 1.29 is 23.7 Å². The van der Waals surface area contributed by atoms with Gasteiger partial charge in [0.05, 0.1) is 29.4 Å². The molecule has 0 amide bonds. The van der Waals surface area contributed by atoms with Gasteiger partial charge < -0.3 is 14.0 Å². The number of ether oxygens (including phenoxy) is 2. The number of hydrogen-bond donors (Lipinski definition) is 0. The number of aldehydes is 1. The van der Waals surface area contributed by atoms with Crippen LogP contribution in [0, 0.1) is 17.0 Å². The molecule has 2 rings (SSSR count). The minimum Gasteiger partial charge on any atom is -0.493 e. The molecule has 110 valence electrons. The van der Waals surface area contributed by atoms with Crippen molar-refractivity contribution >= 4 is 12.0 Å². The lowest BCUT2D eigenvalue weighted by Gasteiger charge is -2.10. The molecule has 0 N–H and O–H groups in total. The van der Waals surface area contributed by atoms with Crippen LogP contribution in [0.5, 0.6) is 11.5 Å². The van der Waals surface area contributed by atoms with Crippen LogP contribution in [0.1, 0.15) is 21.8 Å². The van der Waals surface area contributed by atoms with Gasteiger partial charge in [0.1, 0.15) is 6.61 Å². The molecule has 21 heavy (non-hydrogen) atoms. The fourth-order valence-corrected chi connectivity index (χ4v) is 1.72. The third-order valence-corrected chi connectivity index (χ3v) is 2.68. The summed E-state index contributed by atoms with van der Waals surface area (Å²) in [5.74, 6) is 0.833. The lowest BCUT2D eigenvalue weighted by molar-refractivity contribution is -0.385. The van der Waals surface area contributed by atoms with Gasteiger partial charge in [0.15, 0.2) is 23.5 Å². The fraction of sp³-hybridized carbons (Fsp3) is 0.231. The zero-order chi connectivity index (χ0) is 15.4. The van der Waals surface area contributed by atoms with E-state index in [1.54, 1.807) is 13.0 Å². The van der Waals surface area contributed by atoms with Crippen molar-refractivity contribution in [3.05, 3.63) is 45.3 Å². The summed E-state index contributed by atoms with van der Waals surface area (Å²) in [6.45, 7) is 1.80. The molecule has 0 atom stereocenters. The first kappa shape index (κ1) is 14.5. The minimum absolute atomic E-state index is 0.0365. The molecule has 0 saturated heterocycles. The average molecular weight is 292 g/mol. The number of nitro benzene ring substituents is 1. The maximum Gasteiger partial charge on any atom is 0.283 e. The van der Waals surface area contributed by atoms with E-state index in [2.05, 4.69) is 5.16 Å². The second kappa shape index (κ2) is 6.04. The molecule has 0 spiro atoms. The Balaban J connectivity index is 2.30. The van der Waals surface area contributed by atoms with Crippen molar-refractivity contribution in [2.45, 2.75) is 13.5 Å². The molecular weight excluding hydrogens is 280 g/mol. The van der Waals surface area contributed by atoms with Crippen molar-refractivity contribution in [1.82, 2.24) is 5.16 Å². The van der Waals surface area contributed by atoms with E-state index in [0.29, 0.717) is 17.7 Å². The maximum absolute atomic E-state index is 10.9. The topological polar surface area (TPSA) is 105 Å². The molecule has 0 bridgehead atoms. The Morgan fingerprint density at radius 2 is 2.14 bits per heavy atom. The molecule has 0 aliphatic heterocycles. The van der Waals surface area contributed by atoms with E-state index in [1.807, 2.05) is 0 Å². The third-order valence-electron chi connectivity index (χ3n) is 2.68. The van der Waals surface area contributed by atoms with E-state index in [4.69, 9.17) is 14.0 Å². The first-order valence-corrected chi connectivity index (χ1v) is 5.91. The van der Waals surface area contributed by atoms with E-state index in [1.165, 1.54) is 13.2 Å². The van der Waals surface area contributed by atoms with Crippen LogP contribution in [0.2, 0.25) is 0 Å². The van der Waals surface area contributed by atoms with Crippen LogP contribution in [0.15, 0.2) is 22.7 Å². The van der Waals surface area contributed by atoms with Crippen molar-refractivity contribution in [2.75, 3.05) is 7.11 Å². The molecule has 1 heterocycles. The second-order valence-corrected chi connectivity index (χ2v) is 4.16. The van der Waals surface area contributed by atoms with E-state index in [-0.39, 0.29) is 29.4 Å². The molecule has 0 aliphatic carbocycles.